The van der Waals surface area contributed by atoms with Crippen molar-refractivity contribution >= 4 is 11.5 Å². The molecule has 2 aromatic rings. The van der Waals surface area contributed by atoms with Crippen LogP contribution in [0.4, 0.5) is 0 Å². The molecule has 1 aliphatic heterocycles. The van der Waals surface area contributed by atoms with Crippen molar-refractivity contribution in [3.05, 3.63) is 77.0 Å². The predicted octanol–water partition coefficient (Wildman–Crippen LogP) is 5.23. The van der Waals surface area contributed by atoms with Crippen molar-refractivity contribution in [3.8, 4) is 0 Å². The minimum absolute atomic E-state index is 0.0726. The van der Waals surface area contributed by atoms with Crippen LogP contribution in [0.25, 0.3) is 5.57 Å². The van der Waals surface area contributed by atoms with Crippen LogP contribution in [-0.4, -0.2) is 12.4 Å². The molecule has 2 aromatic carbocycles. The molecular formula is C21H23NO. The quantitative estimate of drug-likeness (QED) is 0.744. The van der Waals surface area contributed by atoms with E-state index in [9.17, 15) is 0 Å². The van der Waals surface area contributed by atoms with Gasteiger partial charge in [-0.1, -0.05) is 80.9 Å². The van der Waals surface area contributed by atoms with E-state index in [1.54, 1.807) is 0 Å². The van der Waals surface area contributed by atoms with Crippen molar-refractivity contribution in [2.24, 2.45) is 10.4 Å². The maximum absolute atomic E-state index is 6.16. The van der Waals surface area contributed by atoms with Crippen LogP contribution < -0.4 is 0 Å². The Morgan fingerprint density at radius 2 is 1.52 bits per heavy atom. The Hall–Kier alpha value is -2.35. The second-order valence-electron chi connectivity index (χ2n) is 7.00. The normalized spacial score (nSPS) is 16.8. The van der Waals surface area contributed by atoms with Gasteiger partial charge in [0.25, 0.3) is 0 Å². The van der Waals surface area contributed by atoms with Crippen LogP contribution in [0.2, 0.25) is 0 Å². The van der Waals surface area contributed by atoms with E-state index in [1.165, 1.54) is 11.1 Å². The topological polar surface area (TPSA) is 21.6 Å². The van der Waals surface area contributed by atoms with E-state index in [1.807, 2.05) is 6.07 Å². The highest BCUT2D eigenvalue weighted by Gasteiger charge is 2.28. The number of hydrogen-bond acceptors (Lipinski definition) is 2. The van der Waals surface area contributed by atoms with Crippen molar-refractivity contribution < 1.29 is 4.74 Å². The molecule has 0 radical (unpaired) electrons. The summed E-state index contributed by atoms with van der Waals surface area (Å²) in [5, 5.41) is 0. The number of aliphatic imine (C=N–C) groups is 1. The number of hydrogen-bond donors (Lipinski definition) is 0. The smallest absolute Gasteiger partial charge is 0.195 e. The molecule has 0 spiro atoms. The number of ether oxygens (including phenoxy) is 1. The highest BCUT2D eigenvalue weighted by Crippen LogP contribution is 2.33. The Morgan fingerprint density at radius 3 is 2.09 bits per heavy atom. The number of benzene rings is 2. The molecule has 2 nitrogen and oxygen atoms in total. The summed E-state index contributed by atoms with van der Waals surface area (Å²) in [7, 11) is 0. The standard InChI is InChI=1S/C21H23NO/c1-15-10-12-17(13-11-15)19(16-8-6-5-7-9-16)18-14-22-20(23-18)21(2,3)4/h5-13H,14H2,1-4H3/b19-18+. The fourth-order valence-corrected chi connectivity index (χ4v) is 2.66. The van der Waals surface area contributed by atoms with E-state index in [4.69, 9.17) is 4.74 Å². The van der Waals surface area contributed by atoms with Gasteiger partial charge in [-0.25, -0.2) is 4.99 Å². The van der Waals surface area contributed by atoms with Crippen LogP contribution in [0.5, 0.6) is 0 Å². The summed E-state index contributed by atoms with van der Waals surface area (Å²) in [5.74, 6) is 1.75. The first-order valence-electron chi connectivity index (χ1n) is 8.03. The van der Waals surface area contributed by atoms with Gasteiger partial charge in [0.05, 0.1) is 0 Å². The molecule has 0 saturated carbocycles. The van der Waals surface area contributed by atoms with Gasteiger partial charge < -0.3 is 4.74 Å². The highest BCUT2D eigenvalue weighted by atomic mass is 16.5. The molecule has 0 aromatic heterocycles. The molecule has 0 fully saturated rings. The van der Waals surface area contributed by atoms with Gasteiger partial charge >= 0.3 is 0 Å². The van der Waals surface area contributed by atoms with Gasteiger partial charge in [0, 0.05) is 11.0 Å². The Bertz CT molecular complexity index is 747. The molecule has 118 valence electrons. The van der Waals surface area contributed by atoms with Crippen molar-refractivity contribution in [1.29, 1.82) is 0 Å². The third-order valence-electron chi connectivity index (χ3n) is 3.91. The van der Waals surface area contributed by atoms with E-state index in [0.717, 1.165) is 22.8 Å². The highest BCUT2D eigenvalue weighted by molar-refractivity contribution is 5.89. The second-order valence-corrected chi connectivity index (χ2v) is 7.00. The summed E-state index contributed by atoms with van der Waals surface area (Å²) >= 11 is 0. The van der Waals surface area contributed by atoms with E-state index < -0.39 is 0 Å². The van der Waals surface area contributed by atoms with Gasteiger partial charge in [-0.05, 0) is 18.1 Å². The molecule has 3 rings (SSSR count). The Labute approximate surface area is 138 Å². The largest absolute Gasteiger partial charge is 0.444 e. The van der Waals surface area contributed by atoms with E-state index in [2.05, 4.69) is 81.2 Å². The van der Waals surface area contributed by atoms with Crippen molar-refractivity contribution in [3.63, 3.8) is 0 Å². The summed E-state index contributed by atoms with van der Waals surface area (Å²) in [6.07, 6.45) is 0. The molecule has 0 bridgehead atoms. The van der Waals surface area contributed by atoms with Gasteiger partial charge in [-0.15, -0.1) is 0 Å². The SMILES string of the molecule is Cc1ccc(/C(=C2\CN=C(C(C)(C)C)O2)c2ccccc2)cc1. The van der Waals surface area contributed by atoms with Gasteiger partial charge in [0.15, 0.2) is 5.90 Å². The van der Waals surface area contributed by atoms with Crippen LogP contribution in [-0.2, 0) is 4.74 Å². The first kappa shape index (κ1) is 15.5. The first-order valence-corrected chi connectivity index (χ1v) is 8.03. The number of rotatable bonds is 2. The molecular weight excluding hydrogens is 282 g/mol. The Kier molecular flexibility index (Phi) is 4.08. The first-order chi connectivity index (χ1) is 10.9. The molecule has 0 N–H and O–H groups in total. The third kappa shape index (κ3) is 3.37. The molecule has 0 atom stereocenters. The molecule has 2 heteroatoms. The minimum atomic E-state index is -0.0726. The van der Waals surface area contributed by atoms with Gasteiger partial charge in [0.2, 0.25) is 0 Å². The van der Waals surface area contributed by atoms with Crippen LogP contribution >= 0.6 is 0 Å². The van der Waals surface area contributed by atoms with Crippen LogP contribution in [0, 0.1) is 12.3 Å². The van der Waals surface area contributed by atoms with Crippen molar-refractivity contribution in [2.75, 3.05) is 6.54 Å². The number of nitrogens with zero attached hydrogens (tertiary/aromatic N) is 1. The third-order valence-corrected chi connectivity index (χ3v) is 3.91. The summed E-state index contributed by atoms with van der Waals surface area (Å²) in [5.41, 5.74) is 4.65. The lowest BCUT2D eigenvalue weighted by molar-refractivity contribution is 0.371. The Balaban J connectivity index is 2.07. The Morgan fingerprint density at radius 1 is 0.913 bits per heavy atom. The summed E-state index contributed by atoms with van der Waals surface area (Å²) in [4.78, 5) is 4.61. The van der Waals surface area contributed by atoms with Crippen molar-refractivity contribution in [2.45, 2.75) is 27.7 Å². The van der Waals surface area contributed by atoms with Crippen LogP contribution in [0.1, 0.15) is 37.5 Å². The maximum Gasteiger partial charge on any atom is 0.195 e. The summed E-state index contributed by atoms with van der Waals surface area (Å²) in [6.45, 7) is 9.09. The zero-order valence-corrected chi connectivity index (χ0v) is 14.3. The molecule has 0 amide bonds. The molecule has 1 aliphatic rings. The minimum Gasteiger partial charge on any atom is -0.444 e. The van der Waals surface area contributed by atoms with Crippen molar-refractivity contribution in [1.82, 2.24) is 0 Å². The maximum atomic E-state index is 6.16. The molecule has 0 aliphatic carbocycles. The molecule has 0 saturated heterocycles. The monoisotopic (exact) mass is 305 g/mol. The van der Waals surface area contributed by atoms with E-state index in [0.29, 0.717) is 6.54 Å². The van der Waals surface area contributed by atoms with Gasteiger partial charge in [-0.2, -0.15) is 0 Å². The van der Waals surface area contributed by atoms with Gasteiger partial charge in [0.1, 0.15) is 12.3 Å². The summed E-state index contributed by atoms with van der Waals surface area (Å²) < 4.78 is 6.16. The van der Waals surface area contributed by atoms with Crippen LogP contribution in [0.3, 0.4) is 0 Å². The predicted molar refractivity (Wildman–Crippen MR) is 96.5 cm³/mol. The fraction of sp³-hybridized carbons (Fsp3) is 0.286. The molecule has 1 heterocycles. The zero-order valence-electron chi connectivity index (χ0n) is 14.3. The lowest BCUT2D eigenvalue weighted by atomic mass is 9.95. The number of aryl methyl sites for hydroxylation is 1. The average Bonchev–Trinajstić information content (AvgIpc) is 3.00. The average molecular weight is 305 g/mol. The second kappa shape index (κ2) is 6.04. The zero-order chi connectivity index (χ0) is 16.4. The molecule has 0 unspecified atom stereocenters. The lowest BCUT2D eigenvalue weighted by Gasteiger charge is -2.19. The van der Waals surface area contributed by atoms with Gasteiger partial charge in [-0.3, -0.25) is 0 Å². The van der Waals surface area contributed by atoms with E-state index >= 15 is 0 Å². The van der Waals surface area contributed by atoms with Crippen LogP contribution in [0.15, 0.2) is 65.3 Å². The molecule has 23 heavy (non-hydrogen) atoms. The lowest BCUT2D eigenvalue weighted by Crippen LogP contribution is -2.20. The van der Waals surface area contributed by atoms with E-state index in [-0.39, 0.29) is 5.41 Å². The summed E-state index contributed by atoms with van der Waals surface area (Å²) in [6, 6.07) is 19.0. The fourth-order valence-electron chi connectivity index (χ4n) is 2.66.